The van der Waals surface area contributed by atoms with E-state index in [1.165, 1.54) is 7.11 Å². The molecule has 0 amide bonds. The SMILES string of the molecule is CC#CC(CC(=O)OC)c1ccc(OCC2COc3ccc(Cl)cc3O2)cc1. The van der Waals surface area contributed by atoms with E-state index in [0.29, 0.717) is 35.5 Å². The third kappa shape index (κ3) is 5.11. The minimum absolute atomic E-state index is 0.206. The van der Waals surface area contributed by atoms with Gasteiger partial charge in [-0.25, -0.2) is 0 Å². The Hall–Kier alpha value is -2.84. The Morgan fingerprint density at radius 1 is 1.25 bits per heavy atom. The van der Waals surface area contributed by atoms with Gasteiger partial charge in [-0.15, -0.1) is 5.92 Å². The Kier molecular flexibility index (Phi) is 6.67. The Labute approximate surface area is 169 Å². The number of hydrogen-bond acceptors (Lipinski definition) is 5. The maximum atomic E-state index is 11.6. The molecule has 1 heterocycles. The van der Waals surface area contributed by atoms with Crippen molar-refractivity contribution in [3.63, 3.8) is 0 Å². The van der Waals surface area contributed by atoms with E-state index in [0.717, 1.165) is 5.56 Å². The molecule has 3 rings (SSSR count). The Bertz CT molecular complexity index is 882. The summed E-state index contributed by atoms with van der Waals surface area (Å²) in [5.41, 5.74) is 0.938. The van der Waals surface area contributed by atoms with Crippen LogP contribution in [0.15, 0.2) is 42.5 Å². The smallest absolute Gasteiger partial charge is 0.307 e. The van der Waals surface area contributed by atoms with E-state index in [1.54, 1.807) is 25.1 Å². The number of methoxy groups -OCH3 is 1. The molecular formula is C22H21ClO5. The van der Waals surface area contributed by atoms with Crippen LogP contribution in [0.3, 0.4) is 0 Å². The lowest BCUT2D eigenvalue weighted by Gasteiger charge is -2.26. The highest BCUT2D eigenvalue weighted by Gasteiger charge is 2.22. The number of esters is 1. The van der Waals surface area contributed by atoms with Gasteiger partial charge in [-0.05, 0) is 36.8 Å². The van der Waals surface area contributed by atoms with E-state index >= 15 is 0 Å². The monoisotopic (exact) mass is 400 g/mol. The van der Waals surface area contributed by atoms with Crippen molar-refractivity contribution in [1.29, 1.82) is 0 Å². The Morgan fingerprint density at radius 3 is 2.75 bits per heavy atom. The van der Waals surface area contributed by atoms with Crippen molar-refractivity contribution in [2.45, 2.75) is 25.4 Å². The van der Waals surface area contributed by atoms with Crippen LogP contribution >= 0.6 is 11.6 Å². The summed E-state index contributed by atoms with van der Waals surface area (Å²) in [7, 11) is 1.37. The van der Waals surface area contributed by atoms with Gasteiger partial charge in [-0.3, -0.25) is 4.79 Å². The molecule has 28 heavy (non-hydrogen) atoms. The highest BCUT2D eigenvalue weighted by molar-refractivity contribution is 6.30. The van der Waals surface area contributed by atoms with E-state index in [2.05, 4.69) is 11.8 Å². The van der Waals surface area contributed by atoms with E-state index in [-0.39, 0.29) is 24.4 Å². The molecule has 0 radical (unpaired) electrons. The van der Waals surface area contributed by atoms with Crippen LogP contribution in [0.2, 0.25) is 5.02 Å². The fraction of sp³-hybridized carbons (Fsp3) is 0.318. The summed E-state index contributed by atoms with van der Waals surface area (Å²) in [6, 6.07) is 12.8. The fourth-order valence-corrected chi connectivity index (χ4v) is 3.00. The second-order valence-corrected chi connectivity index (χ2v) is 6.69. The molecule has 0 saturated heterocycles. The largest absolute Gasteiger partial charge is 0.490 e. The molecule has 0 aliphatic carbocycles. The van der Waals surface area contributed by atoms with Crippen LogP contribution in [0, 0.1) is 11.8 Å². The van der Waals surface area contributed by atoms with Gasteiger partial charge >= 0.3 is 5.97 Å². The van der Waals surface area contributed by atoms with Crippen molar-refractivity contribution in [2.24, 2.45) is 0 Å². The molecule has 0 fully saturated rings. The minimum atomic E-state index is -0.289. The zero-order valence-electron chi connectivity index (χ0n) is 15.7. The van der Waals surface area contributed by atoms with E-state index in [1.807, 2.05) is 24.3 Å². The maximum Gasteiger partial charge on any atom is 0.307 e. The zero-order valence-corrected chi connectivity index (χ0v) is 16.5. The average Bonchev–Trinajstić information content (AvgIpc) is 2.72. The Morgan fingerprint density at radius 2 is 2.04 bits per heavy atom. The van der Waals surface area contributed by atoms with Crippen LogP contribution < -0.4 is 14.2 Å². The van der Waals surface area contributed by atoms with Gasteiger partial charge in [0.05, 0.1) is 19.4 Å². The predicted octanol–water partition coefficient (Wildman–Crippen LogP) is 4.23. The molecule has 5 nitrogen and oxygen atoms in total. The third-order valence-corrected chi connectivity index (χ3v) is 4.49. The molecule has 1 aliphatic heterocycles. The van der Waals surface area contributed by atoms with Crippen molar-refractivity contribution in [2.75, 3.05) is 20.3 Å². The molecule has 2 aromatic rings. The van der Waals surface area contributed by atoms with Gasteiger partial charge in [0.15, 0.2) is 17.6 Å². The predicted molar refractivity (Wildman–Crippen MR) is 106 cm³/mol. The molecule has 0 spiro atoms. The summed E-state index contributed by atoms with van der Waals surface area (Å²) >= 11 is 6.00. The first kappa shape index (κ1) is 19.9. The highest BCUT2D eigenvalue weighted by atomic mass is 35.5. The molecule has 0 bridgehead atoms. The van der Waals surface area contributed by atoms with Crippen molar-refractivity contribution in [3.05, 3.63) is 53.1 Å². The first-order chi connectivity index (χ1) is 13.6. The second-order valence-electron chi connectivity index (χ2n) is 6.25. The summed E-state index contributed by atoms with van der Waals surface area (Å²) in [4.78, 5) is 11.6. The van der Waals surface area contributed by atoms with Crippen LogP contribution in [0.4, 0.5) is 0 Å². The van der Waals surface area contributed by atoms with Gasteiger partial charge in [-0.1, -0.05) is 29.7 Å². The van der Waals surface area contributed by atoms with Gasteiger partial charge in [0.2, 0.25) is 0 Å². The number of ether oxygens (including phenoxy) is 4. The molecule has 1 aliphatic rings. The number of fused-ring (bicyclic) bond motifs is 1. The number of halogens is 1. The van der Waals surface area contributed by atoms with Gasteiger partial charge in [0, 0.05) is 11.1 Å². The van der Waals surface area contributed by atoms with E-state index < -0.39 is 0 Å². The number of carbonyl (C=O) groups is 1. The van der Waals surface area contributed by atoms with Crippen molar-refractivity contribution < 1.29 is 23.7 Å². The Balaban J connectivity index is 1.58. The normalized spacial score (nSPS) is 15.8. The molecule has 0 saturated carbocycles. The number of carbonyl (C=O) groups excluding carboxylic acids is 1. The second kappa shape index (κ2) is 9.38. The van der Waals surface area contributed by atoms with Crippen molar-refractivity contribution in [1.82, 2.24) is 0 Å². The van der Waals surface area contributed by atoms with Crippen LogP contribution in [0.25, 0.3) is 0 Å². The van der Waals surface area contributed by atoms with Crippen LogP contribution in [0.1, 0.15) is 24.8 Å². The summed E-state index contributed by atoms with van der Waals surface area (Å²) in [5.74, 6) is 7.41. The minimum Gasteiger partial charge on any atom is -0.490 e. The molecule has 146 valence electrons. The molecule has 2 unspecified atom stereocenters. The lowest BCUT2D eigenvalue weighted by molar-refractivity contribution is -0.140. The first-order valence-electron chi connectivity index (χ1n) is 8.90. The topological polar surface area (TPSA) is 54.0 Å². The van der Waals surface area contributed by atoms with Gasteiger partial charge in [0.25, 0.3) is 0 Å². The standard InChI is InChI=1S/C22H21ClO5/c1-3-4-16(11-22(24)25-2)15-5-8-18(9-6-15)26-13-19-14-27-20-10-7-17(23)12-21(20)28-19/h5-10,12,16,19H,11,13-14H2,1-2H3. The number of rotatable bonds is 6. The van der Waals surface area contributed by atoms with Crippen molar-refractivity contribution >= 4 is 17.6 Å². The number of benzene rings is 2. The third-order valence-electron chi connectivity index (χ3n) is 4.26. The highest BCUT2D eigenvalue weighted by Crippen LogP contribution is 2.34. The fourth-order valence-electron chi connectivity index (χ4n) is 2.83. The molecule has 6 heteroatoms. The maximum absolute atomic E-state index is 11.6. The van der Waals surface area contributed by atoms with Crippen molar-refractivity contribution in [3.8, 4) is 29.1 Å². The molecular weight excluding hydrogens is 380 g/mol. The van der Waals surface area contributed by atoms with E-state index in [9.17, 15) is 4.79 Å². The van der Waals surface area contributed by atoms with E-state index in [4.69, 9.17) is 30.5 Å². The summed E-state index contributed by atoms with van der Waals surface area (Å²) in [6.07, 6.45) is -0.0177. The van der Waals surface area contributed by atoms with Gasteiger partial charge in [-0.2, -0.15) is 0 Å². The zero-order chi connectivity index (χ0) is 19.9. The number of hydrogen-bond donors (Lipinski definition) is 0. The quantitative estimate of drug-likeness (QED) is 0.536. The first-order valence-corrected chi connectivity index (χ1v) is 9.27. The molecule has 2 aromatic carbocycles. The van der Waals surface area contributed by atoms with Crippen LogP contribution in [-0.2, 0) is 9.53 Å². The molecule has 0 N–H and O–H groups in total. The average molecular weight is 401 g/mol. The lowest BCUT2D eigenvalue weighted by atomic mass is 9.96. The van der Waals surface area contributed by atoms with Gasteiger partial charge < -0.3 is 18.9 Å². The summed E-state index contributed by atoms with van der Waals surface area (Å²) in [6.45, 7) is 2.49. The van der Waals surface area contributed by atoms with Crippen LogP contribution in [-0.4, -0.2) is 32.4 Å². The molecule has 2 atom stereocenters. The molecule has 0 aromatic heterocycles. The summed E-state index contributed by atoms with van der Waals surface area (Å²) < 4.78 is 22.1. The van der Waals surface area contributed by atoms with Crippen LogP contribution in [0.5, 0.6) is 17.2 Å². The summed E-state index contributed by atoms with van der Waals surface area (Å²) in [5, 5.41) is 0.594. The van der Waals surface area contributed by atoms with Gasteiger partial charge in [0.1, 0.15) is 19.0 Å². The lowest BCUT2D eigenvalue weighted by Crippen LogP contribution is -2.34.